The van der Waals surface area contributed by atoms with Gasteiger partial charge in [0, 0.05) is 45.3 Å². The van der Waals surface area contributed by atoms with Gasteiger partial charge < -0.3 is 34.4 Å². The SMILES string of the molecule is [C-]#[N+]c1cc(-c2nc(Nc3ccc(N4CCN(C5COC5)CC4)c(OC)n3)ncc2C)ccc1OC1CCN(C(=O)[C@H](C)O)CC1(F)F. The summed E-state index contributed by atoms with van der Waals surface area (Å²) < 4.78 is 46.6. The van der Waals surface area contributed by atoms with Crippen molar-refractivity contribution in [2.75, 3.05) is 69.8 Å². The Morgan fingerprint density at radius 2 is 1.94 bits per heavy atom. The van der Waals surface area contributed by atoms with Gasteiger partial charge >= 0.3 is 5.92 Å². The number of aliphatic hydroxyl groups is 1. The summed E-state index contributed by atoms with van der Waals surface area (Å²) in [4.78, 5) is 35.0. The van der Waals surface area contributed by atoms with E-state index in [1.165, 1.54) is 13.0 Å². The zero-order chi connectivity index (χ0) is 34.0. The van der Waals surface area contributed by atoms with Crippen molar-refractivity contribution in [1.29, 1.82) is 0 Å². The highest BCUT2D eigenvalue weighted by atomic mass is 19.3. The van der Waals surface area contributed by atoms with Crippen LogP contribution in [0.5, 0.6) is 11.6 Å². The number of aryl methyl sites for hydroxylation is 1. The minimum absolute atomic E-state index is 0.00234. The summed E-state index contributed by atoms with van der Waals surface area (Å²) in [6.45, 7) is 15.1. The molecule has 254 valence electrons. The summed E-state index contributed by atoms with van der Waals surface area (Å²) in [6, 6.07) is 8.99. The first kappa shape index (κ1) is 33.3. The second kappa shape index (κ2) is 13.8. The molecule has 0 radical (unpaired) electrons. The largest absolute Gasteiger partial charge is 0.495 e. The zero-order valence-electron chi connectivity index (χ0n) is 27.0. The number of methoxy groups -OCH3 is 1. The maximum absolute atomic E-state index is 15.0. The van der Waals surface area contributed by atoms with Crippen LogP contribution in [0.1, 0.15) is 18.9 Å². The van der Waals surface area contributed by atoms with Crippen LogP contribution in [0.2, 0.25) is 0 Å². The third kappa shape index (κ3) is 6.96. The number of piperidine rings is 1. The molecule has 3 saturated heterocycles. The van der Waals surface area contributed by atoms with E-state index in [1.54, 1.807) is 25.4 Å². The van der Waals surface area contributed by atoms with Crippen LogP contribution in [-0.4, -0.2) is 120 Å². The number of nitrogens with one attached hydrogen (secondary N) is 1. The first-order valence-electron chi connectivity index (χ1n) is 15.8. The van der Waals surface area contributed by atoms with E-state index in [0.717, 1.165) is 55.5 Å². The predicted octanol–water partition coefficient (Wildman–Crippen LogP) is 3.67. The van der Waals surface area contributed by atoms with Crippen molar-refractivity contribution in [3.63, 3.8) is 0 Å². The number of likely N-dealkylation sites (tertiary alicyclic amines) is 1. The highest BCUT2D eigenvalue weighted by Gasteiger charge is 2.48. The number of ether oxygens (including phenoxy) is 3. The molecule has 1 aromatic carbocycles. The third-order valence-electron chi connectivity index (χ3n) is 8.86. The van der Waals surface area contributed by atoms with E-state index in [4.69, 9.17) is 20.8 Å². The van der Waals surface area contributed by atoms with E-state index < -0.39 is 30.6 Å². The number of hydrogen-bond donors (Lipinski definition) is 2. The molecular weight excluding hydrogens is 626 g/mol. The fourth-order valence-electron chi connectivity index (χ4n) is 6.09. The van der Waals surface area contributed by atoms with Gasteiger partial charge in [-0.2, -0.15) is 4.98 Å². The molecular formula is C33H38F2N8O5. The van der Waals surface area contributed by atoms with E-state index in [1.807, 2.05) is 19.1 Å². The van der Waals surface area contributed by atoms with Crippen molar-refractivity contribution in [1.82, 2.24) is 24.8 Å². The normalized spacial score (nSPS) is 20.4. The van der Waals surface area contributed by atoms with E-state index >= 15 is 0 Å². The Balaban J connectivity index is 1.15. The lowest BCUT2D eigenvalue weighted by molar-refractivity contribution is -0.165. The van der Waals surface area contributed by atoms with Crippen LogP contribution in [0.15, 0.2) is 36.5 Å². The summed E-state index contributed by atoms with van der Waals surface area (Å²) in [6.07, 6.45) is -1.42. The molecule has 2 aromatic heterocycles. The Morgan fingerprint density at radius 1 is 1.17 bits per heavy atom. The highest BCUT2D eigenvalue weighted by Crippen LogP contribution is 2.38. The number of halogens is 2. The predicted molar refractivity (Wildman–Crippen MR) is 173 cm³/mol. The number of alkyl halides is 2. The fourth-order valence-corrected chi connectivity index (χ4v) is 6.09. The van der Waals surface area contributed by atoms with Crippen molar-refractivity contribution < 1.29 is 32.9 Å². The maximum atomic E-state index is 15.0. The molecule has 13 nitrogen and oxygen atoms in total. The second-order valence-electron chi connectivity index (χ2n) is 12.2. The van der Waals surface area contributed by atoms with Crippen LogP contribution in [0.4, 0.5) is 31.9 Å². The molecule has 6 rings (SSSR count). The van der Waals surface area contributed by atoms with Crippen LogP contribution < -0.4 is 19.7 Å². The molecule has 2 atom stereocenters. The Morgan fingerprint density at radius 3 is 2.58 bits per heavy atom. The van der Waals surface area contributed by atoms with Gasteiger partial charge in [-0.3, -0.25) is 9.69 Å². The number of amides is 1. The molecule has 1 amide bonds. The average Bonchev–Trinajstić information content (AvgIpc) is 3.05. The van der Waals surface area contributed by atoms with Gasteiger partial charge in [-0.15, -0.1) is 0 Å². The smallest absolute Gasteiger partial charge is 0.301 e. The topological polar surface area (TPSA) is 130 Å². The van der Waals surface area contributed by atoms with Gasteiger partial charge in [0.1, 0.15) is 23.4 Å². The number of nitrogens with zero attached hydrogens (tertiary/aromatic N) is 7. The molecule has 3 aromatic rings. The molecule has 5 heterocycles. The fraction of sp³-hybridized carbons (Fsp3) is 0.485. The number of hydrogen-bond acceptors (Lipinski definition) is 11. The van der Waals surface area contributed by atoms with Crippen LogP contribution in [0, 0.1) is 13.5 Å². The zero-order valence-corrected chi connectivity index (χ0v) is 27.0. The van der Waals surface area contributed by atoms with Gasteiger partial charge in [-0.25, -0.2) is 23.6 Å². The lowest BCUT2D eigenvalue weighted by Gasteiger charge is -2.43. The molecule has 0 spiro atoms. The molecule has 3 fully saturated rings. The lowest BCUT2D eigenvalue weighted by Crippen LogP contribution is -2.56. The van der Waals surface area contributed by atoms with Gasteiger partial charge in [0.2, 0.25) is 17.5 Å². The van der Waals surface area contributed by atoms with Gasteiger partial charge in [0.25, 0.3) is 5.91 Å². The number of aliphatic hydroxyl groups excluding tert-OH is 1. The number of anilines is 3. The maximum Gasteiger partial charge on any atom is 0.301 e. The lowest BCUT2D eigenvalue weighted by atomic mass is 10.0. The number of aromatic nitrogens is 3. The quantitative estimate of drug-likeness (QED) is 0.325. The molecule has 0 saturated carbocycles. The number of pyridine rings is 1. The first-order valence-corrected chi connectivity index (χ1v) is 15.8. The van der Waals surface area contributed by atoms with E-state index in [0.29, 0.717) is 29.0 Å². The van der Waals surface area contributed by atoms with Crippen molar-refractivity contribution in [3.8, 4) is 22.9 Å². The average molecular weight is 665 g/mol. The molecule has 0 bridgehead atoms. The number of carbonyl (C=O) groups is 1. The Hall–Kier alpha value is -4.65. The summed E-state index contributed by atoms with van der Waals surface area (Å²) in [5.41, 5.74) is 2.80. The van der Waals surface area contributed by atoms with Crippen molar-refractivity contribution in [2.45, 2.75) is 44.4 Å². The summed E-state index contributed by atoms with van der Waals surface area (Å²) in [5, 5.41) is 12.7. The summed E-state index contributed by atoms with van der Waals surface area (Å²) >= 11 is 0. The van der Waals surface area contributed by atoms with Gasteiger partial charge in [-0.1, -0.05) is 6.07 Å². The second-order valence-corrected chi connectivity index (χ2v) is 12.2. The van der Waals surface area contributed by atoms with Crippen molar-refractivity contribution in [3.05, 3.63) is 53.5 Å². The minimum Gasteiger partial charge on any atom is -0.495 e. The number of rotatable bonds is 9. The number of carbonyl (C=O) groups excluding carboxylic acids is 1. The van der Waals surface area contributed by atoms with Crippen molar-refractivity contribution >= 4 is 29.0 Å². The van der Waals surface area contributed by atoms with E-state index in [-0.39, 0.29) is 30.4 Å². The number of benzene rings is 1. The molecule has 1 unspecified atom stereocenters. The van der Waals surface area contributed by atoms with E-state index in [2.05, 4.69) is 34.9 Å². The molecule has 15 heteroatoms. The molecule has 3 aliphatic heterocycles. The Bertz CT molecular complexity index is 1690. The highest BCUT2D eigenvalue weighted by molar-refractivity contribution is 5.80. The Labute approximate surface area is 277 Å². The summed E-state index contributed by atoms with van der Waals surface area (Å²) in [5.74, 6) is -2.88. The monoisotopic (exact) mass is 664 g/mol. The molecule has 0 aliphatic carbocycles. The molecule has 2 N–H and O–H groups in total. The van der Waals surface area contributed by atoms with Crippen LogP contribution in [0.3, 0.4) is 0 Å². The first-order chi connectivity index (χ1) is 23.1. The van der Waals surface area contributed by atoms with E-state index in [9.17, 15) is 18.7 Å². The standard InChI is InChI=1S/C33H38F2N8O5/c1-20-16-37-32(39-28-8-6-25(30(38-28)46-4)42-13-11-41(12-14-42)23-17-47-18-23)40-29(20)22-5-7-26(24(15-22)36-3)48-27-9-10-43(19-33(27,34)35)31(45)21(2)44/h5-8,15-16,21,23,27,44H,9-14,17-19H2,1-2,4H3,(H,37,38,39,40)/t21-,27?/m0/s1. The van der Waals surface area contributed by atoms with Crippen LogP contribution >= 0.6 is 0 Å². The molecule has 3 aliphatic rings. The third-order valence-corrected chi connectivity index (χ3v) is 8.86. The Kier molecular flexibility index (Phi) is 9.58. The minimum atomic E-state index is -3.38. The van der Waals surface area contributed by atoms with Gasteiger partial charge in [0.15, 0.2) is 6.10 Å². The van der Waals surface area contributed by atoms with Gasteiger partial charge in [0.05, 0.1) is 45.2 Å². The van der Waals surface area contributed by atoms with Crippen LogP contribution in [0.25, 0.3) is 16.1 Å². The summed E-state index contributed by atoms with van der Waals surface area (Å²) in [7, 11) is 1.59. The van der Waals surface area contributed by atoms with Gasteiger partial charge in [-0.05, 0) is 49.2 Å². The number of piperazine rings is 1. The molecule has 48 heavy (non-hydrogen) atoms. The van der Waals surface area contributed by atoms with Crippen LogP contribution in [-0.2, 0) is 9.53 Å². The van der Waals surface area contributed by atoms with Crippen molar-refractivity contribution in [2.24, 2.45) is 0 Å².